The largest absolute Gasteiger partial charge is 0.472 e. The molecule has 19 heavy (non-hydrogen) atoms. The molecule has 2 rings (SSSR count). The van der Waals surface area contributed by atoms with Gasteiger partial charge in [-0.15, -0.1) is 0 Å². The summed E-state index contributed by atoms with van der Waals surface area (Å²) in [5.41, 5.74) is 0.566. The minimum atomic E-state index is -0.0880. The van der Waals surface area contributed by atoms with E-state index in [0.29, 0.717) is 18.2 Å². The molecule has 1 aromatic heterocycles. The smallest absolute Gasteiger partial charge is 0.254 e. The molecule has 3 atom stereocenters. The molecule has 0 bridgehead atoms. The van der Waals surface area contributed by atoms with E-state index in [1.54, 1.807) is 6.07 Å². The fourth-order valence-electron chi connectivity index (χ4n) is 2.44. The fourth-order valence-corrected chi connectivity index (χ4v) is 2.44. The molecule has 0 unspecified atom stereocenters. The van der Waals surface area contributed by atoms with Gasteiger partial charge >= 0.3 is 0 Å². The van der Waals surface area contributed by atoms with Crippen molar-refractivity contribution in [3.05, 3.63) is 24.2 Å². The molecule has 1 amide bonds. The van der Waals surface area contributed by atoms with Crippen LogP contribution in [-0.4, -0.2) is 48.7 Å². The summed E-state index contributed by atoms with van der Waals surface area (Å²) >= 11 is 0. The van der Waals surface area contributed by atoms with Crippen LogP contribution in [0.1, 0.15) is 31.1 Å². The minimum Gasteiger partial charge on any atom is -0.472 e. The van der Waals surface area contributed by atoms with E-state index in [4.69, 9.17) is 9.15 Å². The first-order valence-electron chi connectivity index (χ1n) is 6.76. The highest BCUT2D eigenvalue weighted by atomic mass is 16.5. The van der Waals surface area contributed by atoms with Gasteiger partial charge in [0.2, 0.25) is 0 Å². The van der Waals surface area contributed by atoms with E-state index in [0.717, 1.165) is 13.1 Å². The average Bonchev–Trinajstić information content (AvgIpc) is 2.88. The summed E-state index contributed by atoms with van der Waals surface area (Å²) in [6, 6.07) is 1.96. The SMILES string of the molecule is C[C@@H]1CN([C@H](C)CNC(=O)c2ccoc2)C[C@@H](C)O1. The highest BCUT2D eigenvalue weighted by molar-refractivity contribution is 5.93. The number of morpholine rings is 1. The highest BCUT2D eigenvalue weighted by Gasteiger charge is 2.25. The third kappa shape index (κ3) is 3.81. The van der Waals surface area contributed by atoms with Crippen molar-refractivity contribution in [1.82, 2.24) is 10.2 Å². The summed E-state index contributed by atoms with van der Waals surface area (Å²) in [4.78, 5) is 14.2. The van der Waals surface area contributed by atoms with Crippen molar-refractivity contribution in [1.29, 1.82) is 0 Å². The molecule has 1 saturated heterocycles. The standard InChI is InChI=1S/C14H22N2O3/c1-10(16-7-11(2)19-12(3)8-16)6-15-14(17)13-4-5-18-9-13/h4-5,9-12H,6-8H2,1-3H3,(H,15,17)/t10-,11-,12-/m1/s1. The number of hydrogen-bond acceptors (Lipinski definition) is 4. The van der Waals surface area contributed by atoms with Gasteiger partial charge in [0, 0.05) is 25.7 Å². The Kier molecular flexibility index (Phi) is 4.61. The molecule has 1 N–H and O–H groups in total. The molecule has 5 heteroatoms. The molecular weight excluding hydrogens is 244 g/mol. The molecule has 0 aliphatic carbocycles. The van der Waals surface area contributed by atoms with E-state index < -0.39 is 0 Å². The van der Waals surface area contributed by atoms with Crippen molar-refractivity contribution in [3.8, 4) is 0 Å². The van der Waals surface area contributed by atoms with Crippen LogP contribution in [0.4, 0.5) is 0 Å². The lowest BCUT2D eigenvalue weighted by atomic mass is 10.1. The van der Waals surface area contributed by atoms with Crippen LogP contribution in [0.25, 0.3) is 0 Å². The van der Waals surface area contributed by atoms with Crippen molar-refractivity contribution < 1.29 is 13.9 Å². The molecule has 0 saturated carbocycles. The summed E-state index contributed by atoms with van der Waals surface area (Å²) in [6.07, 6.45) is 3.45. The van der Waals surface area contributed by atoms with Gasteiger partial charge in [0.15, 0.2) is 0 Å². The molecule has 0 aromatic carbocycles. The van der Waals surface area contributed by atoms with Crippen molar-refractivity contribution in [2.45, 2.75) is 39.0 Å². The van der Waals surface area contributed by atoms with E-state index in [2.05, 4.69) is 31.0 Å². The van der Waals surface area contributed by atoms with Gasteiger partial charge in [-0.05, 0) is 26.8 Å². The Morgan fingerprint density at radius 3 is 2.74 bits per heavy atom. The predicted molar refractivity (Wildman–Crippen MR) is 72.1 cm³/mol. The summed E-state index contributed by atoms with van der Waals surface area (Å²) in [5, 5.41) is 2.93. The van der Waals surface area contributed by atoms with Crippen LogP contribution in [-0.2, 0) is 4.74 Å². The van der Waals surface area contributed by atoms with Gasteiger partial charge in [0.25, 0.3) is 5.91 Å². The van der Waals surface area contributed by atoms with E-state index in [1.165, 1.54) is 12.5 Å². The number of rotatable bonds is 4. The second-order valence-electron chi connectivity index (χ2n) is 5.28. The number of carbonyl (C=O) groups is 1. The van der Waals surface area contributed by atoms with Gasteiger partial charge < -0.3 is 14.5 Å². The number of hydrogen-bond donors (Lipinski definition) is 1. The zero-order chi connectivity index (χ0) is 13.8. The summed E-state index contributed by atoms with van der Waals surface area (Å²) in [6.45, 7) is 8.74. The third-order valence-electron chi connectivity index (χ3n) is 3.41. The molecule has 1 aliphatic heterocycles. The maximum Gasteiger partial charge on any atom is 0.254 e. The van der Waals surface area contributed by atoms with Crippen molar-refractivity contribution >= 4 is 5.91 Å². The number of ether oxygens (including phenoxy) is 1. The molecule has 5 nitrogen and oxygen atoms in total. The minimum absolute atomic E-state index is 0.0880. The second kappa shape index (κ2) is 6.21. The fraction of sp³-hybridized carbons (Fsp3) is 0.643. The van der Waals surface area contributed by atoms with Crippen molar-refractivity contribution in [2.75, 3.05) is 19.6 Å². The van der Waals surface area contributed by atoms with E-state index >= 15 is 0 Å². The molecule has 0 radical (unpaired) electrons. The summed E-state index contributed by atoms with van der Waals surface area (Å²) in [5.74, 6) is -0.0880. The van der Waals surface area contributed by atoms with E-state index in [1.807, 2.05) is 0 Å². The lowest BCUT2D eigenvalue weighted by Gasteiger charge is -2.38. The Bertz CT molecular complexity index is 395. The Morgan fingerprint density at radius 1 is 1.47 bits per heavy atom. The van der Waals surface area contributed by atoms with E-state index in [-0.39, 0.29) is 18.1 Å². The van der Waals surface area contributed by atoms with Crippen molar-refractivity contribution in [3.63, 3.8) is 0 Å². The van der Waals surface area contributed by atoms with Crippen LogP contribution in [0.15, 0.2) is 23.0 Å². The molecule has 2 heterocycles. The second-order valence-corrected chi connectivity index (χ2v) is 5.28. The quantitative estimate of drug-likeness (QED) is 0.897. The number of furan rings is 1. The molecule has 0 spiro atoms. The Hall–Kier alpha value is -1.33. The maximum absolute atomic E-state index is 11.8. The lowest BCUT2D eigenvalue weighted by Crippen LogP contribution is -2.52. The average molecular weight is 266 g/mol. The zero-order valence-electron chi connectivity index (χ0n) is 11.8. The molecule has 106 valence electrons. The van der Waals surface area contributed by atoms with Gasteiger partial charge in [-0.25, -0.2) is 0 Å². The number of carbonyl (C=O) groups excluding carboxylic acids is 1. The first-order valence-corrected chi connectivity index (χ1v) is 6.76. The maximum atomic E-state index is 11.8. The normalized spacial score (nSPS) is 26.1. The van der Waals surface area contributed by atoms with Gasteiger partial charge in [-0.2, -0.15) is 0 Å². The lowest BCUT2D eigenvalue weighted by molar-refractivity contribution is -0.0778. The highest BCUT2D eigenvalue weighted by Crippen LogP contribution is 2.13. The Labute approximate surface area is 113 Å². The van der Waals surface area contributed by atoms with Gasteiger partial charge in [-0.1, -0.05) is 0 Å². The Balaban J connectivity index is 1.80. The monoisotopic (exact) mass is 266 g/mol. The molecule has 1 aliphatic rings. The van der Waals surface area contributed by atoms with Crippen LogP contribution < -0.4 is 5.32 Å². The molecule has 1 fully saturated rings. The molecule has 1 aromatic rings. The van der Waals surface area contributed by atoms with Crippen LogP contribution in [0.2, 0.25) is 0 Å². The number of nitrogens with one attached hydrogen (secondary N) is 1. The van der Waals surface area contributed by atoms with Gasteiger partial charge in [0.05, 0.1) is 24.0 Å². The summed E-state index contributed by atoms with van der Waals surface area (Å²) < 4.78 is 10.6. The van der Waals surface area contributed by atoms with Crippen molar-refractivity contribution in [2.24, 2.45) is 0 Å². The summed E-state index contributed by atoms with van der Waals surface area (Å²) in [7, 11) is 0. The first kappa shape index (κ1) is 14.1. The van der Waals surface area contributed by atoms with Gasteiger partial charge in [0.1, 0.15) is 6.26 Å². The Morgan fingerprint density at radius 2 is 2.16 bits per heavy atom. The van der Waals surface area contributed by atoms with E-state index in [9.17, 15) is 4.79 Å². The third-order valence-corrected chi connectivity index (χ3v) is 3.41. The van der Waals surface area contributed by atoms with Crippen LogP contribution >= 0.6 is 0 Å². The topological polar surface area (TPSA) is 54.7 Å². The van der Waals surface area contributed by atoms with Crippen LogP contribution in [0.3, 0.4) is 0 Å². The zero-order valence-corrected chi connectivity index (χ0v) is 11.8. The van der Waals surface area contributed by atoms with Crippen LogP contribution in [0.5, 0.6) is 0 Å². The van der Waals surface area contributed by atoms with Gasteiger partial charge in [-0.3, -0.25) is 9.69 Å². The molecular formula is C14H22N2O3. The first-order chi connectivity index (χ1) is 9.06. The number of amides is 1. The predicted octanol–water partition coefficient (Wildman–Crippen LogP) is 1.51. The number of nitrogens with zero attached hydrogens (tertiary/aromatic N) is 1. The van der Waals surface area contributed by atoms with Crippen LogP contribution in [0, 0.1) is 0 Å².